The van der Waals surface area contributed by atoms with Crippen molar-refractivity contribution in [3.8, 4) is 5.75 Å². The minimum atomic E-state index is 0.428. The van der Waals surface area contributed by atoms with Gasteiger partial charge in [-0.2, -0.15) is 0 Å². The third-order valence-electron chi connectivity index (χ3n) is 4.62. The van der Waals surface area contributed by atoms with Gasteiger partial charge in [0, 0.05) is 18.2 Å². The molecule has 2 nitrogen and oxygen atoms in total. The fourth-order valence-corrected chi connectivity index (χ4v) is 3.27. The Labute approximate surface area is 127 Å². The number of aromatic hydroxyl groups is 1. The molecule has 1 atom stereocenters. The summed E-state index contributed by atoms with van der Waals surface area (Å²) >= 11 is 0. The van der Waals surface area contributed by atoms with Gasteiger partial charge < -0.3 is 5.11 Å². The molecule has 1 heterocycles. The topological polar surface area (TPSA) is 23.5 Å². The predicted octanol–water partition coefficient (Wildman–Crippen LogP) is 4.35. The maximum absolute atomic E-state index is 10.2. The first-order chi connectivity index (χ1) is 10.1. The Morgan fingerprint density at radius 3 is 2.57 bits per heavy atom. The Morgan fingerprint density at radius 2 is 1.81 bits per heavy atom. The van der Waals surface area contributed by atoms with Gasteiger partial charge in [0.25, 0.3) is 0 Å². The lowest BCUT2D eigenvalue weighted by Crippen LogP contribution is -2.22. The fraction of sp³-hybridized carbons (Fsp3) is 0.368. The Balaban J connectivity index is 1.82. The van der Waals surface area contributed by atoms with Crippen molar-refractivity contribution in [1.29, 1.82) is 0 Å². The Morgan fingerprint density at radius 1 is 1.10 bits per heavy atom. The second-order valence-electron chi connectivity index (χ2n) is 6.10. The van der Waals surface area contributed by atoms with Gasteiger partial charge in [-0.25, -0.2) is 0 Å². The predicted molar refractivity (Wildman–Crippen MR) is 86.4 cm³/mol. The third kappa shape index (κ3) is 2.96. The number of likely N-dealkylation sites (tertiary alicyclic amines) is 1. The average Bonchev–Trinajstić information content (AvgIpc) is 2.94. The van der Waals surface area contributed by atoms with Gasteiger partial charge >= 0.3 is 0 Å². The highest BCUT2D eigenvalue weighted by Crippen LogP contribution is 2.34. The van der Waals surface area contributed by atoms with E-state index < -0.39 is 0 Å². The molecule has 3 rings (SSSR count). The molecule has 0 unspecified atom stereocenters. The van der Waals surface area contributed by atoms with Crippen molar-refractivity contribution in [2.24, 2.45) is 0 Å². The molecule has 0 radical (unpaired) electrons. The molecule has 2 heteroatoms. The van der Waals surface area contributed by atoms with Crippen LogP contribution in [-0.2, 0) is 6.54 Å². The summed E-state index contributed by atoms with van der Waals surface area (Å²) in [4.78, 5) is 2.49. The number of phenols is 1. The summed E-state index contributed by atoms with van der Waals surface area (Å²) in [5.74, 6) is 0.428. The molecule has 110 valence electrons. The van der Waals surface area contributed by atoms with Crippen LogP contribution < -0.4 is 0 Å². The molecule has 1 N–H and O–H groups in total. The number of hydrogen-bond acceptors (Lipinski definition) is 2. The van der Waals surface area contributed by atoms with E-state index in [9.17, 15) is 5.11 Å². The Bertz CT molecular complexity index is 621. The van der Waals surface area contributed by atoms with Crippen LogP contribution in [0.4, 0.5) is 0 Å². The number of nitrogens with zero attached hydrogens (tertiary/aromatic N) is 1. The summed E-state index contributed by atoms with van der Waals surface area (Å²) in [5.41, 5.74) is 4.83. The van der Waals surface area contributed by atoms with Crippen LogP contribution in [0.2, 0.25) is 0 Å². The van der Waals surface area contributed by atoms with Gasteiger partial charge in [0.1, 0.15) is 5.75 Å². The van der Waals surface area contributed by atoms with E-state index in [0.29, 0.717) is 11.8 Å². The lowest BCUT2D eigenvalue weighted by atomic mass is 10.0. The average molecular weight is 281 g/mol. The SMILES string of the molecule is Cc1cc(O)c(CN2CCC[C@H]2c2ccccc2)cc1C. The number of hydrogen-bond donors (Lipinski definition) is 1. The molecule has 1 aliphatic rings. The van der Waals surface area contributed by atoms with E-state index in [1.807, 2.05) is 13.0 Å². The zero-order valence-electron chi connectivity index (χ0n) is 12.8. The van der Waals surface area contributed by atoms with E-state index in [0.717, 1.165) is 24.2 Å². The van der Waals surface area contributed by atoms with Crippen LogP contribution in [-0.4, -0.2) is 16.6 Å². The van der Waals surface area contributed by atoms with Gasteiger partial charge in [0.2, 0.25) is 0 Å². The van der Waals surface area contributed by atoms with Crippen molar-refractivity contribution in [3.05, 3.63) is 64.7 Å². The normalized spacial score (nSPS) is 19.0. The smallest absolute Gasteiger partial charge is 0.120 e. The van der Waals surface area contributed by atoms with Crippen LogP contribution in [0.1, 0.15) is 41.1 Å². The first-order valence-corrected chi connectivity index (χ1v) is 7.73. The van der Waals surface area contributed by atoms with Crippen LogP contribution in [0.5, 0.6) is 5.75 Å². The molecule has 0 amide bonds. The first-order valence-electron chi connectivity index (χ1n) is 7.73. The number of benzene rings is 2. The van der Waals surface area contributed by atoms with Crippen molar-refractivity contribution < 1.29 is 5.11 Å². The van der Waals surface area contributed by atoms with E-state index >= 15 is 0 Å². The molecule has 0 saturated carbocycles. The maximum atomic E-state index is 10.2. The van der Waals surface area contributed by atoms with E-state index in [1.54, 1.807) is 0 Å². The molecule has 0 aromatic heterocycles. The minimum absolute atomic E-state index is 0.428. The minimum Gasteiger partial charge on any atom is -0.508 e. The van der Waals surface area contributed by atoms with Crippen LogP contribution >= 0.6 is 0 Å². The number of phenolic OH excluding ortho intramolecular Hbond substituents is 1. The van der Waals surface area contributed by atoms with E-state index in [2.05, 4.69) is 48.2 Å². The summed E-state index contributed by atoms with van der Waals surface area (Å²) in [6.07, 6.45) is 2.43. The van der Waals surface area contributed by atoms with Crippen molar-refractivity contribution >= 4 is 0 Å². The quantitative estimate of drug-likeness (QED) is 0.904. The molecule has 0 bridgehead atoms. The Kier molecular flexibility index (Phi) is 3.98. The summed E-state index contributed by atoms with van der Waals surface area (Å²) in [6, 6.07) is 15.2. The van der Waals surface area contributed by atoms with Gasteiger partial charge in [-0.05, 0) is 56.0 Å². The summed E-state index contributed by atoms with van der Waals surface area (Å²) in [6.45, 7) is 6.08. The zero-order valence-corrected chi connectivity index (χ0v) is 12.8. The standard InChI is InChI=1S/C19H23NO/c1-14-11-17(19(21)12-15(14)2)13-20-10-6-9-18(20)16-7-4-3-5-8-16/h3-5,7-8,11-12,18,21H,6,9-10,13H2,1-2H3/t18-/m0/s1. The lowest BCUT2D eigenvalue weighted by molar-refractivity contribution is 0.245. The second kappa shape index (κ2) is 5.90. The van der Waals surface area contributed by atoms with Crippen LogP contribution in [0.3, 0.4) is 0 Å². The summed E-state index contributed by atoms with van der Waals surface area (Å²) in [5, 5.41) is 10.2. The monoisotopic (exact) mass is 281 g/mol. The van der Waals surface area contributed by atoms with Gasteiger partial charge in [-0.1, -0.05) is 36.4 Å². The molecule has 1 fully saturated rings. The van der Waals surface area contributed by atoms with Crippen molar-refractivity contribution in [2.45, 2.75) is 39.3 Å². The highest BCUT2D eigenvalue weighted by atomic mass is 16.3. The second-order valence-corrected chi connectivity index (χ2v) is 6.10. The molecule has 2 aromatic carbocycles. The molecular weight excluding hydrogens is 258 g/mol. The van der Waals surface area contributed by atoms with Crippen LogP contribution in [0.15, 0.2) is 42.5 Å². The summed E-state index contributed by atoms with van der Waals surface area (Å²) < 4.78 is 0. The zero-order chi connectivity index (χ0) is 14.8. The van der Waals surface area contributed by atoms with Crippen molar-refractivity contribution in [1.82, 2.24) is 4.90 Å². The van der Waals surface area contributed by atoms with E-state index in [4.69, 9.17) is 0 Å². The highest BCUT2D eigenvalue weighted by Gasteiger charge is 2.26. The lowest BCUT2D eigenvalue weighted by Gasteiger charge is -2.25. The van der Waals surface area contributed by atoms with Gasteiger partial charge in [0.05, 0.1) is 0 Å². The largest absolute Gasteiger partial charge is 0.508 e. The molecule has 0 aliphatic carbocycles. The van der Waals surface area contributed by atoms with Gasteiger partial charge in [0.15, 0.2) is 0 Å². The Hall–Kier alpha value is -1.80. The van der Waals surface area contributed by atoms with Crippen LogP contribution in [0.25, 0.3) is 0 Å². The fourth-order valence-electron chi connectivity index (χ4n) is 3.27. The van der Waals surface area contributed by atoms with E-state index in [-0.39, 0.29) is 0 Å². The van der Waals surface area contributed by atoms with Crippen molar-refractivity contribution in [3.63, 3.8) is 0 Å². The number of aryl methyl sites for hydroxylation is 2. The van der Waals surface area contributed by atoms with Crippen LogP contribution in [0, 0.1) is 13.8 Å². The molecular formula is C19H23NO. The molecule has 1 aliphatic heterocycles. The summed E-state index contributed by atoms with van der Waals surface area (Å²) in [7, 11) is 0. The maximum Gasteiger partial charge on any atom is 0.120 e. The van der Waals surface area contributed by atoms with Gasteiger partial charge in [-0.15, -0.1) is 0 Å². The van der Waals surface area contributed by atoms with Gasteiger partial charge in [-0.3, -0.25) is 4.90 Å². The number of rotatable bonds is 3. The molecule has 2 aromatic rings. The molecule has 1 saturated heterocycles. The molecule has 0 spiro atoms. The third-order valence-corrected chi connectivity index (χ3v) is 4.62. The van der Waals surface area contributed by atoms with E-state index in [1.165, 1.54) is 24.0 Å². The highest BCUT2D eigenvalue weighted by molar-refractivity contribution is 5.41. The first kappa shape index (κ1) is 14.2. The van der Waals surface area contributed by atoms with Crippen molar-refractivity contribution in [2.75, 3.05) is 6.54 Å². The molecule has 21 heavy (non-hydrogen) atoms.